The summed E-state index contributed by atoms with van der Waals surface area (Å²) in [7, 11) is 0. The molecule has 0 amide bonds. The van der Waals surface area contributed by atoms with E-state index in [0.717, 1.165) is 6.20 Å². The summed E-state index contributed by atoms with van der Waals surface area (Å²) < 4.78 is 16.8. The van der Waals surface area contributed by atoms with Crippen LogP contribution in [0.1, 0.15) is 12.0 Å². The third kappa shape index (κ3) is 8.71. The zero-order valence-electron chi connectivity index (χ0n) is 15.5. The van der Waals surface area contributed by atoms with Gasteiger partial charge in [-0.05, 0) is 23.8 Å². The fourth-order valence-electron chi connectivity index (χ4n) is 2.20. The second-order valence-corrected chi connectivity index (χ2v) is 7.56. The normalized spacial score (nSPS) is 10.7. The molecule has 30 heavy (non-hydrogen) atoms. The lowest BCUT2D eigenvalue weighted by Crippen LogP contribution is -2.05. The van der Waals surface area contributed by atoms with Gasteiger partial charge in [-0.3, -0.25) is 10.1 Å². The molecule has 0 spiro atoms. The first kappa shape index (κ1) is 24.2. The van der Waals surface area contributed by atoms with Gasteiger partial charge in [-0.15, -0.1) is 0 Å². The van der Waals surface area contributed by atoms with Gasteiger partial charge in [-0.1, -0.05) is 58.5 Å². The van der Waals surface area contributed by atoms with Crippen LogP contribution in [0, 0.1) is 10.1 Å². The van der Waals surface area contributed by atoms with Gasteiger partial charge in [0, 0.05) is 24.6 Å². The van der Waals surface area contributed by atoms with Crippen molar-refractivity contribution in [3.05, 3.63) is 78.9 Å². The van der Waals surface area contributed by atoms with E-state index in [2.05, 4.69) is 0 Å². The lowest BCUT2D eigenvalue weighted by molar-refractivity contribution is -0.400. The largest absolute Gasteiger partial charge is 0.493 e. The number of hydrogen-bond donors (Lipinski definition) is 0. The summed E-state index contributed by atoms with van der Waals surface area (Å²) in [5.74, 6) is 1.47. The second kappa shape index (κ2) is 12.5. The molecule has 0 bridgehead atoms. The molecule has 0 N–H and O–H groups in total. The minimum atomic E-state index is -0.515. The van der Waals surface area contributed by atoms with Crippen LogP contribution in [-0.2, 0) is 0 Å². The molecule has 0 aliphatic rings. The van der Waals surface area contributed by atoms with Crippen LogP contribution in [0.15, 0.2) is 53.2 Å². The van der Waals surface area contributed by atoms with Crippen molar-refractivity contribution >= 4 is 52.5 Å². The van der Waals surface area contributed by atoms with Crippen molar-refractivity contribution in [1.82, 2.24) is 0 Å². The predicted molar refractivity (Wildman–Crippen MR) is 120 cm³/mol. The Kier molecular flexibility index (Phi) is 10.1. The van der Waals surface area contributed by atoms with Gasteiger partial charge >= 0.3 is 0 Å². The van der Waals surface area contributed by atoms with Crippen molar-refractivity contribution in [2.24, 2.45) is 0 Å². The van der Waals surface area contributed by atoms with E-state index in [-0.39, 0.29) is 11.1 Å². The molecule has 0 aliphatic heterocycles. The van der Waals surface area contributed by atoms with Crippen LogP contribution in [0.4, 0.5) is 0 Å². The lowest BCUT2D eigenvalue weighted by Gasteiger charge is -2.12. The molecule has 6 nitrogen and oxygen atoms in total. The number of nitro groups is 1. The molecule has 0 heterocycles. The second-order valence-electron chi connectivity index (χ2n) is 5.74. The van der Waals surface area contributed by atoms with Gasteiger partial charge in [-0.2, -0.15) is 0 Å². The van der Waals surface area contributed by atoms with E-state index in [0.29, 0.717) is 52.5 Å². The zero-order chi connectivity index (χ0) is 21.9. The Morgan fingerprint density at radius 2 is 1.60 bits per heavy atom. The Morgan fingerprint density at radius 1 is 0.967 bits per heavy atom. The molecule has 0 radical (unpaired) electrons. The summed E-state index contributed by atoms with van der Waals surface area (Å²) in [4.78, 5) is 9.80. The predicted octanol–water partition coefficient (Wildman–Crippen LogP) is 6.79. The van der Waals surface area contributed by atoms with Gasteiger partial charge in [0.15, 0.2) is 5.75 Å². The van der Waals surface area contributed by atoms with Gasteiger partial charge < -0.3 is 14.2 Å². The summed E-state index contributed by atoms with van der Waals surface area (Å²) in [5.41, 5.74) is 0.709. The minimum absolute atomic E-state index is 0.108. The minimum Gasteiger partial charge on any atom is -0.493 e. The summed E-state index contributed by atoms with van der Waals surface area (Å²) in [6.07, 6.45) is 4.37. The van der Waals surface area contributed by atoms with Crippen LogP contribution >= 0.6 is 46.4 Å². The molecule has 2 aromatic carbocycles. The third-order valence-corrected chi connectivity index (χ3v) is 4.40. The van der Waals surface area contributed by atoms with E-state index < -0.39 is 4.92 Å². The van der Waals surface area contributed by atoms with Crippen molar-refractivity contribution in [2.75, 3.05) is 19.8 Å². The number of rotatable bonds is 11. The molecule has 0 aliphatic carbocycles. The number of hydrogen-bond acceptors (Lipinski definition) is 5. The zero-order valence-corrected chi connectivity index (χ0v) is 18.5. The highest BCUT2D eigenvalue weighted by atomic mass is 35.5. The van der Waals surface area contributed by atoms with E-state index >= 15 is 0 Å². The highest BCUT2D eigenvalue weighted by Crippen LogP contribution is 2.37. The Morgan fingerprint density at radius 3 is 2.20 bits per heavy atom. The van der Waals surface area contributed by atoms with Gasteiger partial charge in [0.05, 0.1) is 28.2 Å². The van der Waals surface area contributed by atoms with Crippen LogP contribution < -0.4 is 14.2 Å². The van der Waals surface area contributed by atoms with Gasteiger partial charge in [0.2, 0.25) is 6.20 Å². The molecular formula is C20H17Cl4NO5. The number of nitrogens with zero attached hydrogens (tertiary/aromatic N) is 1. The van der Waals surface area contributed by atoms with Crippen LogP contribution in [0.25, 0.3) is 6.08 Å². The molecular weight excluding hydrogens is 476 g/mol. The van der Waals surface area contributed by atoms with E-state index in [1.165, 1.54) is 12.2 Å². The topological polar surface area (TPSA) is 70.8 Å². The Balaban J connectivity index is 1.77. The number of ether oxygens (including phenoxy) is 3. The molecule has 0 aromatic heterocycles. The van der Waals surface area contributed by atoms with Crippen LogP contribution in [0.3, 0.4) is 0 Å². The number of halogens is 4. The third-order valence-electron chi connectivity index (χ3n) is 3.53. The first-order valence-electron chi connectivity index (χ1n) is 8.65. The first-order valence-corrected chi connectivity index (χ1v) is 10.2. The van der Waals surface area contributed by atoms with E-state index in [1.807, 2.05) is 0 Å². The molecule has 0 unspecified atom stereocenters. The molecule has 10 heteroatoms. The van der Waals surface area contributed by atoms with Crippen molar-refractivity contribution in [2.45, 2.75) is 6.42 Å². The quantitative estimate of drug-likeness (QED) is 0.196. The monoisotopic (exact) mass is 491 g/mol. The summed E-state index contributed by atoms with van der Waals surface area (Å²) >= 11 is 23.5. The Hall–Kier alpha value is -2.12. The average molecular weight is 493 g/mol. The fourth-order valence-corrected chi connectivity index (χ4v) is 2.91. The van der Waals surface area contributed by atoms with E-state index in [4.69, 9.17) is 60.6 Å². The highest BCUT2D eigenvalue weighted by Gasteiger charge is 2.10. The smallest absolute Gasteiger partial charge is 0.235 e. The molecule has 2 aromatic rings. The molecule has 0 saturated carbocycles. The molecule has 0 saturated heterocycles. The summed E-state index contributed by atoms with van der Waals surface area (Å²) in [6, 6.07) is 10.1. The van der Waals surface area contributed by atoms with Gasteiger partial charge in [0.1, 0.15) is 22.6 Å². The first-order chi connectivity index (χ1) is 14.3. The van der Waals surface area contributed by atoms with E-state index in [1.54, 1.807) is 36.4 Å². The Labute approximate surface area is 193 Å². The maximum atomic E-state index is 10.3. The molecule has 0 atom stereocenters. The molecule has 0 fully saturated rings. The van der Waals surface area contributed by atoms with E-state index in [9.17, 15) is 10.1 Å². The summed E-state index contributed by atoms with van der Waals surface area (Å²) in [6.45, 7) is 0.930. The number of benzene rings is 2. The van der Waals surface area contributed by atoms with Crippen molar-refractivity contribution in [3.63, 3.8) is 0 Å². The standard InChI is InChI=1S/C20H17Cl4NO5/c21-17-12-16(29-11-7-19(23)24)13-18(22)20(17)30-10-1-9-28-15-4-2-14(3-5-15)6-8-25(26)27/h2-8,12-13H,1,9-11H2/b8-6+. The van der Waals surface area contributed by atoms with Crippen LogP contribution in [-0.4, -0.2) is 24.7 Å². The maximum absolute atomic E-state index is 10.3. The van der Waals surface area contributed by atoms with Crippen LogP contribution in [0.5, 0.6) is 17.2 Å². The SMILES string of the molecule is O=[N+]([O-])/C=C/c1ccc(OCCCOc2c(Cl)cc(OCC=C(Cl)Cl)cc2Cl)cc1. The molecule has 2 rings (SSSR count). The maximum Gasteiger partial charge on any atom is 0.235 e. The van der Waals surface area contributed by atoms with Crippen molar-refractivity contribution < 1.29 is 19.1 Å². The van der Waals surface area contributed by atoms with Crippen molar-refractivity contribution in [1.29, 1.82) is 0 Å². The lowest BCUT2D eigenvalue weighted by atomic mass is 10.2. The Bertz CT molecular complexity index is 889. The average Bonchev–Trinajstić information content (AvgIpc) is 2.68. The van der Waals surface area contributed by atoms with Crippen molar-refractivity contribution in [3.8, 4) is 17.2 Å². The van der Waals surface area contributed by atoms with Gasteiger partial charge in [-0.25, -0.2) is 0 Å². The summed E-state index contributed by atoms with van der Waals surface area (Å²) in [5, 5.41) is 11.0. The van der Waals surface area contributed by atoms with Crippen LogP contribution in [0.2, 0.25) is 10.0 Å². The molecule has 160 valence electrons. The fraction of sp³-hybridized carbons (Fsp3) is 0.200. The highest BCUT2D eigenvalue weighted by molar-refractivity contribution is 6.55. The van der Waals surface area contributed by atoms with Gasteiger partial charge in [0.25, 0.3) is 0 Å².